The highest BCUT2D eigenvalue weighted by atomic mass is 79.9. The SMILES string of the molecule is N[C@H](C(=O)Nc1c(Cl)cc(F)cc1Br)c1ccccc1. The van der Waals surface area contributed by atoms with Crippen LogP contribution in [0.3, 0.4) is 0 Å². The first-order valence-corrected chi connectivity index (χ1v) is 6.92. The lowest BCUT2D eigenvalue weighted by atomic mass is 10.1. The van der Waals surface area contributed by atoms with Gasteiger partial charge in [-0.25, -0.2) is 4.39 Å². The molecule has 1 atom stereocenters. The average Bonchev–Trinajstić information content (AvgIpc) is 2.42. The standard InChI is InChI=1S/C14H11BrClFN2O/c15-10-6-9(17)7-11(16)13(10)19-14(20)12(18)8-4-2-1-3-5-8/h1-7,12H,18H2,(H,19,20)/t12-/m0/s1. The van der Waals surface area contributed by atoms with Crippen molar-refractivity contribution >= 4 is 39.1 Å². The Morgan fingerprint density at radius 3 is 2.55 bits per heavy atom. The number of anilines is 1. The summed E-state index contributed by atoms with van der Waals surface area (Å²) >= 11 is 9.06. The van der Waals surface area contributed by atoms with Crippen LogP contribution in [-0.2, 0) is 4.79 Å². The van der Waals surface area contributed by atoms with Crippen LogP contribution in [0.1, 0.15) is 11.6 Å². The quantitative estimate of drug-likeness (QED) is 0.876. The molecule has 2 aromatic rings. The second-order valence-corrected chi connectivity index (χ2v) is 5.38. The molecule has 0 saturated carbocycles. The predicted octanol–water partition coefficient (Wildman–Crippen LogP) is 3.88. The smallest absolute Gasteiger partial charge is 0.245 e. The van der Waals surface area contributed by atoms with Crippen molar-refractivity contribution in [1.29, 1.82) is 0 Å². The Bertz CT molecular complexity index is 613. The molecule has 0 fully saturated rings. The van der Waals surface area contributed by atoms with Gasteiger partial charge in [-0.3, -0.25) is 4.79 Å². The molecule has 2 aromatic carbocycles. The lowest BCUT2D eigenvalue weighted by Crippen LogP contribution is -2.28. The maximum atomic E-state index is 13.1. The fraction of sp³-hybridized carbons (Fsp3) is 0.0714. The highest BCUT2D eigenvalue weighted by molar-refractivity contribution is 9.10. The molecule has 0 aliphatic rings. The molecule has 0 aromatic heterocycles. The Labute approximate surface area is 129 Å². The predicted molar refractivity (Wildman–Crippen MR) is 81.1 cm³/mol. The van der Waals surface area contributed by atoms with E-state index in [1.54, 1.807) is 24.3 Å². The van der Waals surface area contributed by atoms with E-state index in [1.165, 1.54) is 6.07 Å². The third-order valence-corrected chi connectivity index (χ3v) is 3.62. The summed E-state index contributed by atoms with van der Waals surface area (Å²) in [6.07, 6.45) is 0. The van der Waals surface area contributed by atoms with E-state index in [2.05, 4.69) is 21.2 Å². The molecule has 2 rings (SSSR count). The van der Waals surface area contributed by atoms with Crippen LogP contribution in [0.4, 0.5) is 10.1 Å². The van der Waals surface area contributed by atoms with Crippen molar-refractivity contribution < 1.29 is 9.18 Å². The third kappa shape index (κ3) is 3.36. The number of hydrogen-bond acceptors (Lipinski definition) is 2. The molecular formula is C14H11BrClFN2O. The van der Waals surface area contributed by atoms with Crippen LogP contribution in [0.5, 0.6) is 0 Å². The van der Waals surface area contributed by atoms with Gasteiger partial charge in [0.15, 0.2) is 0 Å². The van der Waals surface area contributed by atoms with Crippen molar-refractivity contribution in [2.45, 2.75) is 6.04 Å². The number of halogens is 3. The van der Waals surface area contributed by atoms with Gasteiger partial charge >= 0.3 is 0 Å². The summed E-state index contributed by atoms with van der Waals surface area (Å²) in [5.74, 6) is -0.919. The molecule has 0 heterocycles. The van der Waals surface area contributed by atoms with Gasteiger partial charge in [0.25, 0.3) is 0 Å². The van der Waals surface area contributed by atoms with E-state index in [0.717, 1.165) is 6.07 Å². The summed E-state index contributed by atoms with van der Waals surface area (Å²) in [6.45, 7) is 0. The van der Waals surface area contributed by atoms with Crippen LogP contribution >= 0.6 is 27.5 Å². The van der Waals surface area contributed by atoms with Crippen LogP contribution in [0.25, 0.3) is 0 Å². The van der Waals surface area contributed by atoms with Crippen LogP contribution in [0.15, 0.2) is 46.9 Å². The van der Waals surface area contributed by atoms with Crippen LogP contribution in [0.2, 0.25) is 5.02 Å². The molecule has 0 unspecified atom stereocenters. The summed E-state index contributed by atoms with van der Waals surface area (Å²) in [5, 5.41) is 2.70. The number of nitrogens with two attached hydrogens (primary N) is 1. The van der Waals surface area contributed by atoms with E-state index in [-0.39, 0.29) is 5.02 Å². The molecule has 0 aliphatic carbocycles. The topological polar surface area (TPSA) is 55.1 Å². The van der Waals surface area contributed by atoms with Gasteiger partial charge in [-0.2, -0.15) is 0 Å². The molecule has 3 N–H and O–H groups in total. The largest absolute Gasteiger partial charge is 0.322 e. The van der Waals surface area contributed by atoms with E-state index in [1.807, 2.05) is 6.07 Å². The van der Waals surface area contributed by atoms with Gasteiger partial charge < -0.3 is 11.1 Å². The molecule has 20 heavy (non-hydrogen) atoms. The van der Waals surface area contributed by atoms with Crippen molar-refractivity contribution in [1.82, 2.24) is 0 Å². The van der Waals surface area contributed by atoms with Crippen molar-refractivity contribution in [3.63, 3.8) is 0 Å². The highest BCUT2D eigenvalue weighted by Gasteiger charge is 2.18. The number of rotatable bonds is 3. The minimum absolute atomic E-state index is 0.102. The number of benzene rings is 2. The van der Waals surface area contributed by atoms with Gasteiger partial charge in [-0.1, -0.05) is 41.9 Å². The maximum Gasteiger partial charge on any atom is 0.245 e. The van der Waals surface area contributed by atoms with E-state index >= 15 is 0 Å². The number of nitrogens with one attached hydrogen (secondary N) is 1. The van der Waals surface area contributed by atoms with E-state index < -0.39 is 17.8 Å². The van der Waals surface area contributed by atoms with Crippen molar-refractivity contribution in [2.24, 2.45) is 5.73 Å². The molecule has 104 valence electrons. The number of hydrogen-bond donors (Lipinski definition) is 2. The van der Waals surface area contributed by atoms with Gasteiger partial charge in [0, 0.05) is 4.47 Å². The average molecular weight is 358 g/mol. The van der Waals surface area contributed by atoms with Gasteiger partial charge in [0.2, 0.25) is 5.91 Å². The van der Waals surface area contributed by atoms with Crippen molar-refractivity contribution in [3.05, 3.63) is 63.3 Å². The van der Waals surface area contributed by atoms with Crippen molar-refractivity contribution in [2.75, 3.05) is 5.32 Å². The first-order valence-electron chi connectivity index (χ1n) is 5.75. The normalized spacial score (nSPS) is 12.0. The summed E-state index contributed by atoms with van der Waals surface area (Å²) in [7, 11) is 0. The molecule has 0 bridgehead atoms. The lowest BCUT2D eigenvalue weighted by molar-refractivity contribution is -0.117. The molecule has 0 spiro atoms. The molecule has 0 aliphatic heterocycles. The molecule has 1 amide bonds. The Morgan fingerprint density at radius 2 is 1.95 bits per heavy atom. The minimum atomic E-state index is -0.829. The number of amides is 1. The number of carbonyl (C=O) groups excluding carboxylic acids is 1. The molecule has 6 heteroatoms. The van der Waals surface area contributed by atoms with Crippen LogP contribution in [-0.4, -0.2) is 5.91 Å². The van der Waals surface area contributed by atoms with E-state index in [9.17, 15) is 9.18 Å². The van der Waals surface area contributed by atoms with Gasteiger partial charge in [0.05, 0.1) is 10.7 Å². The van der Waals surface area contributed by atoms with Gasteiger partial charge in [0.1, 0.15) is 11.9 Å². The fourth-order valence-corrected chi connectivity index (χ4v) is 2.57. The van der Waals surface area contributed by atoms with Gasteiger partial charge in [-0.05, 0) is 33.6 Å². The summed E-state index contributed by atoms with van der Waals surface area (Å²) in [5.41, 5.74) is 6.85. The Kier molecular flexibility index (Phi) is 4.75. The van der Waals surface area contributed by atoms with E-state index in [0.29, 0.717) is 15.7 Å². The van der Waals surface area contributed by atoms with Crippen LogP contribution < -0.4 is 11.1 Å². The van der Waals surface area contributed by atoms with E-state index in [4.69, 9.17) is 17.3 Å². The Hall–Kier alpha value is -1.43. The summed E-state index contributed by atoms with van der Waals surface area (Å²) in [4.78, 5) is 12.1. The molecule has 0 radical (unpaired) electrons. The van der Waals surface area contributed by atoms with Crippen LogP contribution in [0, 0.1) is 5.82 Å². The maximum absolute atomic E-state index is 13.1. The zero-order chi connectivity index (χ0) is 14.7. The zero-order valence-corrected chi connectivity index (χ0v) is 12.6. The van der Waals surface area contributed by atoms with Crippen molar-refractivity contribution in [3.8, 4) is 0 Å². The fourth-order valence-electron chi connectivity index (χ4n) is 1.67. The second kappa shape index (κ2) is 6.35. The minimum Gasteiger partial charge on any atom is -0.322 e. The lowest BCUT2D eigenvalue weighted by Gasteiger charge is -2.14. The molecule has 0 saturated heterocycles. The molecular weight excluding hydrogens is 347 g/mol. The number of carbonyl (C=O) groups is 1. The monoisotopic (exact) mass is 356 g/mol. The highest BCUT2D eigenvalue weighted by Crippen LogP contribution is 2.32. The van der Waals surface area contributed by atoms with Gasteiger partial charge in [-0.15, -0.1) is 0 Å². The third-order valence-electron chi connectivity index (χ3n) is 2.70. The Morgan fingerprint density at radius 1 is 1.30 bits per heavy atom. The first-order chi connectivity index (χ1) is 9.49. The summed E-state index contributed by atoms with van der Waals surface area (Å²) < 4.78 is 13.5. The molecule has 3 nitrogen and oxygen atoms in total. The summed E-state index contributed by atoms with van der Waals surface area (Å²) in [6, 6.07) is 10.4. The first kappa shape index (κ1) is 15.0. The Balaban J connectivity index is 2.20. The zero-order valence-electron chi connectivity index (χ0n) is 10.2. The second-order valence-electron chi connectivity index (χ2n) is 4.12.